The molecule has 2 atom stereocenters. The van der Waals surface area contributed by atoms with Gasteiger partial charge in [0.2, 0.25) is 5.91 Å². The van der Waals surface area contributed by atoms with Crippen LogP contribution in [0.5, 0.6) is 0 Å². The van der Waals surface area contributed by atoms with Crippen molar-refractivity contribution in [1.82, 2.24) is 5.32 Å². The van der Waals surface area contributed by atoms with E-state index in [-0.39, 0.29) is 17.7 Å². The van der Waals surface area contributed by atoms with E-state index in [1.54, 1.807) is 6.08 Å². The lowest BCUT2D eigenvalue weighted by Gasteiger charge is -2.23. The predicted molar refractivity (Wildman–Crippen MR) is 125 cm³/mol. The molecule has 158 valence electrons. The minimum Gasteiger partial charge on any atom is -0.356 e. The van der Waals surface area contributed by atoms with Gasteiger partial charge in [-0.3, -0.25) is 4.79 Å². The molecule has 2 nitrogen and oxygen atoms in total. The lowest BCUT2D eigenvalue weighted by atomic mass is 9.84. The molecule has 1 amide bonds. The Morgan fingerprint density at radius 3 is 2.55 bits per heavy atom. The summed E-state index contributed by atoms with van der Waals surface area (Å²) in [5, 5.41) is 3.20. The Morgan fingerprint density at radius 2 is 1.90 bits per heavy atom. The summed E-state index contributed by atoms with van der Waals surface area (Å²) < 4.78 is 0. The first-order chi connectivity index (χ1) is 14.2. The topological polar surface area (TPSA) is 29.1 Å². The molecule has 0 radical (unpaired) electrons. The molecule has 1 aliphatic carbocycles. The normalized spacial score (nSPS) is 17.8. The van der Waals surface area contributed by atoms with Gasteiger partial charge in [-0.1, -0.05) is 100 Å². The Labute approximate surface area is 178 Å². The van der Waals surface area contributed by atoms with Crippen molar-refractivity contribution >= 4 is 5.91 Å². The van der Waals surface area contributed by atoms with Gasteiger partial charge < -0.3 is 5.32 Å². The predicted octanol–water partition coefficient (Wildman–Crippen LogP) is 6.96. The Balaban J connectivity index is 1.87. The second-order valence-corrected chi connectivity index (χ2v) is 8.41. The summed E-state index contributed by atoms with van der Waals surface area (Å²) in [6.07, 6.45) is 18.0. The van der Waals surface area contributed by atoms with Crippen LogP contribution < -0.4 is 5.32 Å². The molecule has 2 heteroatoms. The third kappa shape index (κ3) is 8.04. The van der Waals surface area contributed by atoms with Crippen LogP contribution in [0.1, 0.15) is 76.7 Å². The molecule has 0 aromatic heterocycles. The van der Waals surface area contributed by atoms with Crippen molar-refractivity contribution in [3.8, 4) is 0 Å². The van der Waals surface area contributed by atoms with E-state index >= 15 is 0 Å². The molecular weight excluding hydrogens is 354 g/mol. The summed E-state index contributed by atoms with van der Waals surface area (Å²) in [4.78, 5) is 12.6. The largest absolute Gasteiger partial charge is 0.356 e. The highest BCUT2D eigenvalue weighted by Gasteiger charge is 2.19. The Morgan fingerprint density at radius 1 is 1.17 bits per heavy atom. The van der Waals surface area contributed by atoms with Crippen LogP contribution in [0.25, 0.3) is 0 Å². The molecule has 0 bridgehead atoms. The van der Waals surface area contributed by atoms with Gasteiger partial charge in [0.25, 0.3) is 0 Å². The number of rotatable bonds is 11. The fourth-order valence-electron chi connectivity index (χ4n) is 4.41. The molecular formula is C27H39NO. The van der Waals surface area contributed by atoms with Crippen LogP contribution in [-0.4, -0.2) is 12.5 Å². The highest BCUT2D eigenvalue weighted by molar-refractivity contribution is 5.78. The monoisotopic (exact) mass is 393 g/mol. The average Bonchev–Trinajstić information content (AvgIpc) is 2.77. The highest BCUT2D eigenvalue weighted by Crippen LogP contribution is 2.30. The third-order valence-electron chi connectivity index (χ3n) is 6.27. The van der Waals surface area contributed by atoms with Crippen molar-refractivity contribution in [3.63, 3.8) is 0 Å². The second-order valence-electron chi connectivity index (χ2n) is 8.41. The first-order valence-corrected chi connectivity index (χ1v) is 11.4. The molecule has 0 aliphatic heterocycles. The minimum absolute atomic E-state index is 0.106. The second kappa shape index (κ2) is 13.2. The van der Waals surface area contributed by atoms with Gasteiger partial charge in [-0.05, 0) is 43.2 Å². The minimum atomic E-state index is 0.106. The summed E-state index contributed by atoms with van der Waals surface area (Å²) in [5.41, 5.74) is 2.55. The molecule has 1 aliphatic rings. The van der Waals surface area contributed by atoms with Crippen LogP contribution in [0.2, 0.25) is 0 Å². The molecule has 29 heavy (non-hydrogen) atoms. The van der Waals surface area contributed by atoms with Gasteiger partial charge in [-0.15, -0.1) is 0 Å². The highest BCUT2D eigenvalue weighted by atomic mass is 16.1. The zero-order valence-corrected chi connectivity index (χ0v) is 18.4. The average molecular weight is 394 g/mol. The fourth-order valence-corrected chi connectivity index (χ4v) is 4.41. The van der Waals surface area contributed by atoms with Crippen LogP contribution in [0, 0.1) is 11.8 Å². The lowest BCUT2D eigenvalue weighted by Crippen LogP contribution is -2.31. The maximum Gasteiger partial charge on any atom is 0.222 e. The van der Waals surface area contributed by atoms with Gasteiger partial charge in [0, 0.05) is 18.4 Å². The zero-order chi connectivity index (χ0) is 20.9. The fraction of sp³-hybridized carbons (Fsp3) is 0.519. The number of nitrogens with one attached hydrogen (secondary N) is 1. The van der Waals surface area contributed by atoms with Crippen molar-refractivity contribution in [2.45, 2.75) is 71.1 Å². The lowest BCUT2D eigenvalue weighted by molar-refractivity contribution is -0.124. The molecule has 0 heterocycles. The van der Waals surface area contributed by atoms with Crippen LogP contribution in [-0.2, 0) is 4.79 Å². The van der Waals surface area contributed by atoms with E-state index in [0.29, 0.717) is 6.54 Å². The van der Waals surface area contributed by atoms with E-state index in [4.69, 9.17) is 0 Å². The van der Waals surface area contributed by atoms with Gasteiger partial charge >= 0.3 is 0 Å². The van der Waals surface area contributed by atoms with E-state index in [2.05, 4.69) is 62.2 Å². The summed E-state index contributed by atoms with van der Waals surface area (Å²) in [5.74, 6) is 1.43. The number of allylic oxidation sites excluding steroid dienone is 5. The van der Waals surface area contributed by atoms with E-state index in [1.165, 1.54) is 49.7 Å². The number of carbonyl (C=O) groups excluding carboxylic acids is 1. The van der Waals surface area contributed by atoms with E-state index in [0.717, 1.165) is 18.8 Å². The first kappa shape index (κ1) is 23.2. The number of hydrogen-bond acceptors (Lipinski definition) is 1. The SMILES string of the molecule is C=C/C=C\C(=C/C)C(CCNC(=O)C(C)CCC1CCCCC1)c1ccccc1. The number of amides is 1. The number of benzene rings is 1. The van der Waals surface area contributed by atoms with Crippen LogP contribution in [0.15, 0.2) is 66.8 Å². The molecule has 0 spiro atoms. The van der Waals surface area contributed by atoms with Gasteiger partial charge in [-0.25, -0.2) is 0 Å². The summed E-state index contributed by atoms with van der Waals surface area (Å²) in [7, 11) is 0. The van der Waals surface area contributed by atoms with Crippen molar-refractivity contribution in [3.05, 3.63) is 72.4 Å². The number of carbonyl (C=O) groups is 1. The standard InChI is InChI=1S/C27H39NO/c1-4-6-15-24(5-2)26(25-16-11-8-12-17-25)20-21-28-27(29)22(3)18-19-23-13-9-7-10-14-23/h4-6,8,11-12,15-17,22-23,26H,1,7,9-10,13-14,18-21H2,2-3H3,(H,28,29)/b15-6-,24-5+. The van der Waals surface area contributed by atoms with Crippen molar-refractivity contribution in [2.24, 2.45) is 11.8 Å². The summed E-state index contributed by atoms with van der Waals surface area (Å²) >= 11 is 0. The van der Waals surface area contributed by atoms with Crippen molar-refractivity contribution in [2.75, 3.05) is 6.54 Å². The van der Waals surface area contributed by atoms with Crippen molar-refractivity contribution < 1.29 is 4.79 Å². The molecule has 0 saturated heterocycles. The van der Waals surface area contributed by atoms with E-state index < -0.39 is 0 Å². The first-order valence-electron chi connectivity index (χ1n) is 11.4. The maximum absolute atomic E-state index is 12.6. The smallest absolute Gasteiger partial charge is 0.222 e. The molecule has 2 unspecified atom stereocenters. The van der Waals surface area contributed by atoms with E-state index in [1.807, 2.05) is 12.1 Å². The molecule has 1 aromatic rings. The van der Waals surface area contributed by atoms with Crippen LogP contribution in [0.4, 0.5) is 0 Å². The van der Waals surface area contributed by atoms with Gasteiger partial charge in [0.15, 0.2) is 0 Å². The molecule has 2 rings (SSSR count). The molecule has 1 N–H and O–H groups in total. The molecule has 1 fully saturated rings. The van der Waals surface area contributed by atoms with Crippen LogP contribution in [0.3, 0.4) is 0 Å². The maximum atomic E-state index is 12.6. The zero-order valence-electron chi connectivity index (χ0n) is 18.4. The van der Waals surface area contributed by atoms with Gasteiger partial charge in [0.05, 0.1) is 0 Å². The van der Waals surface area contributed by atoms with E-state index in [9.17, 15) is 4.79 Å². The van der Waals surface area contributed by atoms with Gasteiger partial charge in [-0.2, -0.15) is 0 Å². The molecule has 1 aromatic carbocycles. The Kier molecular flexibility index (Phi) is 10.5. The third-order valence-corrected chi connectivity index (χ3v) is 6.27. The Bertz CT molecular complexity index is 667. The van der Waals surface area contributed by atoms with Gasteiger partial charge in [0.1, 0.15) is 0 Å². The Hall–Kier alpha value is -2.09. The van der Waals surface area contributed by atoms with Crippen molar-refractivity contribution in [1.29, 1.82) is 0 Å². The molecule has 1 saturated carbocycles. The van der Waals surface area contributed by atoms with Crippen LogP contribution >= 0.6 is 0 Å². The number of hydrogen-bond donors (Lipinski definition) is 1. The summed E-state index contributed by atoms with van der Waals surface area (Å²) in [6, 6.07) is 10.6. The summed E-state index contributed by atoms with van der Waals surface area (Å²) in [6.45, 7) is 8.64. The quantitative estimate of drug-likeness (QED) is 0.404.